The number of nitrogens with zero attached hydrogens (tertiary/aromatic N) is 2. The Morgan fingerprint density at radius 3 is 2.48 bits per heavy atom. The second-order valence-electron chi connectivity index (χ2n) is 4.27. The molecule has 0 aliphatic rings. The van der Waals surface area contributed by atoms with Gasteiger partial charge in [0.2, 0.25) is 5.82 Å². The van der Waals surface area contributed by atoms with E-state index in [-0.39, 0.29) is 18.5 Å². The molecule has 21 heavy (non-hydrogen) atoms. The van der Waals surface area contributed by atoms with Gasteiger partial charge in [0, 0.05) is 18.2 Å². The van der Waals surface area contributed by atoms with Crippen molar-refractivity contribution in [3.8, 4) is 0 Å². The molecule has 0 heterocycles. The number of benzene rings is 1. The highest BCUT2D eigenvalue weighted by atomic mass is 19.4. The summed E-state index contributed by atoms with van der Waals surface area (Å²) < 4.78 is 50.4. The number of amides is 1. The molecule has 1 aromatic rings. The molecule has 0 saturated carbocycles. The van der Waals surface area contributed by atoms with E-state index in [2.05, 4.69) is 0 Å². The van der Waals surface area contributed by atoms with Gasteiger partial charge in [-0.05, 0) is 18.6 Å². The first-order valence-corrected chi connectivity index (χ1v) is 5.95. The number of rotatable bonds is 5. The first-order valence-electron chi connectivity index (χ1n) is 5.95. The molecule has 0 aromatic heterocycles. The minimum Gasteiger partial charge on any atom is -0.330 e. The molecule has 116 valence electrons. The van der Waals surface area contributed by atoms with Gasteiger partial charge in [0.25, 0.3) is 5.91 Å². The fourth-order valence-electron chi connectivity index (χ4n) is 1.71. The molecule has 0 N–H and O–H groups in total. The van der Waals surface area contributed by atoms with Crippen molar-refractivity contribution in [3.63, 3.8) is 0 Å². The van der Waals surface area contributed by atoms with Crippen LogP contribution in [0, 0.1) is 15.9 Å². The second-order valence-corrected chi connectivity index (χ2v) is 4.27. The summed E-state index contributed by atoms with van der Waals surface area (Å²) in [4.78, 5) is 22.0. The van der Waals surface area contributed by atoms with E-state index >= 15 is 0 Å². The molecule has 0 spiro atoms. The third kappa shape index (κ3) is 4.69. The monoisotopic (exact) mass is 308 g/mol. The zero-order valence-corrected chi connectivity index (χ0v) is 11.0. The van der Waals surface area contributed by atoms with Gasteiger partial charge >= 0.3 is 11.9 Å². The summed E-state index contributed by atoms with van der Waals surface area (Å²) in [7, 11) is 0. The summed E-state index contributed by atoms with van der Waals surface area (Å²) in [5.74, 6) is -2.19. The Bertz CT molecular complexity index is 546. The Morgan fingerprint density at radius 1 is 1.38 bits per heavy atom. The van der Waals surface area contributed by atoms with Crippen molar-refractivity contribution < 1.29 is 27.3 Å². The van der Waals surface area contributed by atoms with Gasteiger partial charge in [0.05, 0.1) is 4.92 Å². The van der Waals surface area contributed by atoms with Crippen LogP contribution in [0.4, 0.5) is 23.2 Å². The van der Waals surface area contributed by atoms with Gasteiger partial charge in [0.1, 0.15) is 6.54 Å². The van der Waals surface area contributed by atoms with Crippen LogP contribution in [-0.2, 0) is 0 Å². The van der Waals surface area contributed by atoms with Gasteiger partial charge in [-0.3, -0.25) is 14.9 Å². The van der Waals surface area contributed by atoms with Gasteiger partial charge in [-0.2, -0.15) is 17.6 Å². The summed E-state index contributed by atoms with van der Waals surface area (Å²) in [6, 6.07) is 2.24. The van der Waals surface area contributed by atoms with Gasteiger partial charge in [-0.15, -0.1) is 0 Å². The van der Waals surface area contributed by atoms with Gasteiger partial charge < -0.3 is 4.90 Å². The molecule has 0 saturated heterocycles. The van der Waals surface area contributed by atoms with Crippen LogP contribution in [0.5, 0.6) is 0 Å². The minimum absolute atomic E-state index is 0.163. The van der Waals surface area contributed by atoms with Crippen LogP contribution in [0.3, 0.4) is 0 Å². The van der Waals surface area contributed by atoms with Crippen molar-refractivity contribution in [1.82, 2.24) is 4.90 Å². The van der Waals surface area contributed by atoms with E-state index in [1.54, 1.807) is 6.92 Å². The lowest BCUT2D eigenvalue weighted by atomic mass is 10.1. The topological polar surface area (TPSA) is 63.5 Å². The van der Waals surface area contributed by atoms with E-state index in [0.717, 1.165) is 6.07 Å². The number of carbonyl (C=O) groups is 1. The van der Waals surface area contributed by atoms with Crippen molar-refractivity contribution in [3.05, 3.63) is 39.7 Å². The van der Waals surface area contributed by atoms with Crippen LogP contribution < -0.4 is 0 Å². The Kier molecular flexibility index (Phi) is 5.23. The lowest BCUT2D eigenvalue weighted by Crippen LogP contribution is -2.39. The zero-order valence-electron chi connectivity index (χ0n) is 11.0. The van der Waals surface area contributed by atoms with Crippen LogP contribution in [0.2, 0.25) is 0 Å². The van der Waals surface area contributed by atoms with E-state index in [9.17, 15) is 32.5 Å². The third-order valence-electron chi connectivity index (χ3n) is 2.54. The summed E-state index contributed by atoms with van der Waals surface area (Å²) in [5.41, 5.74) is -1.31. The first kappa shape index (κ1) is 16.9. The number of nitro groups is 1. The standard InChI is InChI=1S/C12H12F4N2O3/c1-2-5-17(7-12(14,15)16)11(19)8-3-4-9(13)10(6-8)18(20)21/h3-4,6H,2,5,7H2,1H3. The highest BCUT2D eigenvalue weighted by Gasteiger charge is 2.33. The summed E-state index contributed by atoms with van der Waals surface area (Å²) in [5, 5.41) is 10.6. The molecule has 0 bridgehead atoms. The fraction of sp³-hybridized carbons (Fsp3) is 0.417. The molecular weight excluding hydrogens is 296 g/mol. The van der Waals surface area contributed by atoms with Crippen molar-refractivity contribution in [2.24, 2.45) is 0 Å². The van der Waals surface area contributed by atoms with Gasteiger partial charge in [-0.1, -0.05) is 6.92 Å². The highest BCUT2D eigenvalue weighted by molar-refractivity contribution is 5.94. The van der Waals surface area contributed by atoms with Crippen LogP contribution in [-0.4, -0.2) is 35.0 Å². The number of halogens is 4. The molecule has 0 fully saturated rings. The lowest BCUT2D eigenvalue weighted by Gasteiger charge is -2.23. The van der Waals surface area contributed by atoms with E-state index in [1.807, 2.05) is 0 Å². The van der Waals surface area contributed by atoms with E-state index in [4.69, 9.17) is 0 Å². The largest absolute Gasteiger partial charge is 0.406 e. The lowest BCUT2D eigenvalue weighted by molar-refractivity contribution is -0.387. The average molecular weight is 308 g/mol. The maximum absolute atomic E-state index is 13.2. The van der Waals surface area contributed by atoms with Crippen molar-refractivity contribution in [1.29, 1.82) is 0 Å². The Labute approximate surface area is 117 Å². The minimum atomic E-state index is -4.59. The number of carbonyl (C=O) groups excluding carboxylic acids is 1. The Balaban J connectivity index is 3.09. The predicted molar refractivity (Wildman–Crippen MR) is 65.3 cm³/mol. The smallest absolute Gasteiger partial charge is 0.330 e. The zero-order chi connectivity index (χ0) is 16.2. The van der Waals surface area contributed by atoms with Crippen LogP contribution in [0.25, 0.3) is 0 Å². The van der Waals surface area contributed by atoms with Crippen molar-refractivity contribution >= 4 is 11.6 Å². The Morgan fingerprint density at radius 2 is 2.00 bits per heavy atom. The molecule has 0 atom stereocenters. The molecule has 1 rings (SSSR count). The molecule has 1 aromatic carbocycles. The van der Waals surface area contributed by atoms with Crippen LogP contribution >= 0.6 is 0 Å². The summed E-state index contributed by atoms with van der Waals surface area (Å²) in [6.45, 7) is -0.0435. The molecule has 9 heteroatoms. The summed E-state index contributed by atoms with van der Waals surface area (Å²) >= 11 is 0. The van der Waals surface area contributed by atoms with Crippen molar-refractivity contribution in [2.45, 2.75) is 19.5 Å². The first-order chi connectivity index (χ1) is 9.65. The van der Waals surface area contributed by atoms with Crippen molar-refractivity contribution in [2.75, 3.05) is 13.1 Å². The molecule has 0 aliphatic heterocycles. The molecule has 5 nitrogen and oxygen atoms in total. The molecule has 0 unspecified atom stereocenters. The van der Waals surface area contributed by atoms with E-state index in [0.29, 0.717) is 17.0 Å². The maximum atomic E-state index is 13.2. The van der Waals surface area contributed by atoms with Crippen LogP contribution in [0.15, 0.2) is 18.2 Å². The molecular formula is C12H12F4N2O3. The highest BCUT2D eigenvalue weighted by Crippen LogP contribution is 2.22. The normalized spacial score (nSPS) is 11.3. The van der Waals surface area contributed by atoms with E-state index in [1.165, 1.54) is 0 Å². The SMILES string of the molecule is CCCN(CC(F)(F)F)C(=O)c1ccc(F)c([N+](=O)[O-])c1. The Hall–Kier alpha value is -2.19. The molecule has 0 aliphatic carbocycles. The summed E-state index contributed by atoms with van der Waals surface area (Å²) in [6.07, 6.45) is -4.30. The van der Waals surface area contributed by atoms with Gasteiger partial charge in [-0.25, -0.2) is 0 Å². The number of hydrogen-bond acceptors (Lipinski definition) is 3. The number of hydrogen-bond donors (Lipinski definition) is 0. The molecule has 0 radical (unpaired) electrons. The van der Waals surface area contributed by atoms with Gasteiger partial charge in [0.15, 0.2) is 0 Å². The number of nitro benzene ring substituents is 1. The fourth-order valence-corrected chi connectivity index (χ4v) is 1.71. The maximum Gasteiger partial charge on any atom is 0.406 e. The predicted octanol–water partition coefficient (Wildman–Crippen LogP) is 3.15. The quantitative estimate of drug-likeness (QED) is 0.477. The van der Waals surface area contributed by atoms with E-state index < -0.39 is 35.1 Å². The van der Waals surface area contributed by atoms with Crippen LogP contribution in [0.1, 0.15) is 23.7 Å². The second kappa shape index (κ2) is 6.51. The average Bonchev–Trinajstić information content (AvgIpc) is 2.36. The third-order valence-corrected chi connectivity index (χ3v) is 2.54. The number of alkyl halides is 3. The molecule has 1 amide bonds.